The molecule has 2 rings (SSSR count). The van der Waals surface area contributed by atoms with Crippen molar-refractivity contribution >= 4 is 34.2 Å². The summed E-state index contributed by atoms with van der Waals surface area (Å²) >= 11 is 6.67. The maximum atomic E-state index is 5.62. The zero-order chi connectivity index (χ0) is 12.3. The van der Waals surface area contributed by atoms with Crippen LogP contribution in [-0.4, -0.2) is 9.97 Å². The van der Waals surface area contributed by atoms with Crippen LogP contribution in [0.5, 0.6) is 0 Å². The third-order valence-corrected chi connectivity index (χ3v) is 3.58. The molecule has 0 aliphatic rings. The Bertz CT molecular complexity index is 534. The van der Waals surface area contributed by atoms with Crippen LogP contribution < -0.4 is 11.1 Å². The second kappa shape index (κ2) is 5.25. The van der Waals surface area contributed by atoms with Crippen molar-refractivity contribution < 1.29 is 0 Å². The number of nitrogens with one attached hydrogen (secondary N) is 1. The summed E-state index contributed by atoms with van der Waals surface area (Å²) in [6.07, 6.45) is 1.69. The van der Waals surface area contributed by atoms with E-state index < -0.39 is 0 Å². The normalized spacial score (nSPS) is 10.2. The third-order valence-electron chi connectivity index (χ3n) is 2.47. The SMILES string of the molecule is Cc1cscc1CNc1cccnc1C(N)=S. The Labute approximate surface area is 110 Å². The molecular weight excluding hydrogens is 250 g/mol. The van der Waals surface area contributed by atoms with Gasteiger partial charge in [0.1, 0.15) is 10.7 Å². The van der Waals surface area contributed by atoms with E-state index in [1.807, 2.05) is 12.1 Å². The lowest BCUT2D eigenvalue weighted by molar-refractivity contribution is 1.12. The molecule has 0 aliphatic heterocycles. The van der Waals surface area contributed by atoms with E-state index in [9.17, 15) is 0 Å². The van der Waals surface area contributed by atoms with Crippen molar-refractivity contribution in [3.05, 3.63) is 45.9 Å². The molecular formula is C12H13N3S2. The molecule has 0 aliphatic carbocycles. The van der Waals surface area contributed by atoms with Crippen LogP contribution in [0.1, 0.15) is 16.8 Å². The highest BCUT2D eigenvalue weighted by atomic mass is 32.1. The van der Waals surface area contributed by atoms with Crippen LogP contribution in [0.25, 0.3) is 0 Å². The van der Waals surface area contributed by atoms with Crippen LogP contribution in [0.15, 0.2) is 29.1 Å². The van der Waals surface area contributed by atoms with Crippen LogP contribution in [0.3, 0.4) is 0 Å². The van der Waals surface area contributed by atoms with Gasteiger partial charge in [-0.3, -0.25) is 4.98 Å². The number of hydrogen-bond donors (Lipinski definition) is 2. The monoisotopic (exact) mass is 263 g/mol. The van der Waals surface area contributed by atoms with Gasteiger partial charge in [0.25, 0.3) is 0 Å². The minimum absolute atomic E-state index is 0.315. The van der Waals surface area contributed by atoms with Gasteiger partial charge in [0.2, 0.25) is 0 Å². The van der Waals surface area contributed by atoms with Gasteiger partial charge < -0.3 is 11.1 Å². The van der Waals surface area contributed by atoms with Gasteiger partial charge in [-0.25, -0.2) is 0 Å². The number of nitrogens with two attached hydrogens (primary N) is 1. The molecule has 2 heterocycles. The number of anilines is 1. The van der Waals surface area contributed by atoms with Crippen molar-refractivity contribution in [1.82, 2.24) is 4.98 Å². The molecule has 0 atom stereocenters. The first-order valence-corrected chi connectivity index (χ1v) is 6.54. The Morgan fingerprint density at radius 1 is 1.53 bits per heavy atom. The van der Waals surface area contributed by atoms with Crippen LogP contribution in [0, 0.1) is 6.92 Å². The van der Waals surface area contributed by atoms with E-state index >= 15 is 0 Å². The average Bonchev–Trinajstić information content (AvgIpc) is 2.72. The topological polar surface area (TPSA) is 50.9 Å². The van der Waals surface area contributed by atoms with Gasteiger partial charge in [-0.15, -0.1) is 0 Å². The molecule has 0 fully saturated rings. The molecule has 0 radical (unpaired) electrons. The van der Waals surface area contributed by atoms with Crippen molar-refractivity contribution in [2.45, 2.75) is 13.5 Å². The summed E-state index contributed by atoms with van der Waals surface area (Å²) in [7, 11) is 0. The van der Waals surface area contributed by atoms with Crippen LogP contribution >= 0.6 is 23.6 Å². The van der Waals surface area contributed by atoms with Gasteiger partial charge in [0.05, 0.1) is 5.69 Å². The summed E-state index contributed by atoms with van der Waals surface area (Å²) in [6.45, 7) is 2.86. The largest absolute Gasteiger partial charge is 0.388 e. The quantitative estimate of drug-likeness (QED) is 0.833. The van der Waals surface area contributed by atoms with E-state index in [1.165, 1.54) is 11.1 Å². The van der Waals surface area contributed by atoms with E-state index in [1.54, 1.807) is 17.5 Å². The molecule has 2 aromatic heterocycles. The van der Waals surface area contributed by atoms with Crippen molar-refractivity contribution in [2.24, 2.45) is 5.73 Å². The molecule has 17 heavy (non-hydrogen) atoms. The predicted octanol–water partition coefficient (Wildman–Crippen LogP) is 2.70. The van der Waals surface area contributed by atoms with E-state index in [-0.39, 0.29) is 0 Å². The smallest absolute Gasteiger partial charge is 0.124 e. The Balaban J connectivity index is 2.14. The summed E-state index contributed by atoms with van der Waals surface area (Å²) in [4.78, 5) is 4.49. The number of pyridine rings is 1. The minimum atomic E-state index is 0.315. The van der Waals surface area contributed by atoms with Crippen molar-refractivity contribution in [3.8, 4) is 0 Å². The second-order valence-corrected chi connectivity index (χ2v) is 4.88. The lowest BCUT2D eigenvalue weighted by Crippen LogP contribution is -2.15. The number of nitrogens with zero attached hydrogens (tertiary/aromatic N) is 1. The zero-order valence-corrected chi connectivity index (χ0v) is 11.1. The molecule has 0 amide bonds. The van der Waals surface area contributed by atoms with Gasteiger partial charge >= 0.3 is 0 Å². The maximum Gasteiger partial charge on any atom is 0.124 e. The zero-order valence-electron chi connectivity index (χ0n) is 9.43. The first-order chi connectivity index (χ1) is 8.18. The maximum absolute atomic E-state index is 5.62. The van der Waals surface area contributed by atoms with Crippen molar-refractivity contribution in [2.75, 3.05) is 5.32 Å². The first-order valence-electron chi connectivity index (χ1n) is 5.19. The van der Waals surface area contributed by atoms with E-state index in [0.717, 1.165) is 12.2 Å². The molecule has 0 bridgehead atoms. The molecule has 5 heteroatoms. The molecule has 88 valence electrons. The molecule has 0 spiro atoms. The van der Waals surface area contributed by atoms with Crippen molar-refractivity contribution in [3.63, 3.8) is 0 Å². The molecule has 0 saturated heterocycles. The van der Waals surface area contributed by atoms with E-state index in [2.05, 4.69) is 28.0 Å². The number of aryl methyl sites for hydroxylation is 1. The van der Waals surface area contributed by atoms with E-state index in [0.29, 0.717) is 10.7 Å². The number of thiophene rings is 1. The van der Waals surface area contributed by atoms with Crippen LogP contribution in [0.2, 0.25) is 0 Å². The highest BCUT2D eigenvalue weighted by molar-refractivity contribution is 7.80. The van der Waals surface area contributed by atoms with Gasteiger partial charge in [-0.1, -0.05) is 12.2 Å². The van der Waals surface area contributed by atoms with Gasteiger partial charge in [-0.05, 0) is 40.9 Å². The summed E-state index contributed by atoms with van der Waals surface area (Å²) in [6, 6.07) is 3.80. The van der Waals surface area contributed by atoms with Crippen molar-refractivity contribution in [1.29, 1.82) is 0 Å². The highest BCUT2D eigenvalue weighted by Gasteiger charge is 2.06. The summed E-state index contributed by atoms with van der Waals surface area (Å²) in [5.41, 5.74) is 9.73. The molecule has 0 saturated carbocycles. The fraction of sp³-hybridized carbons (Fsp3) is 0.167. The molecule has 0 aromatic carbocycles. The highest BCUT2D eigenvalue weighted by Crippen LogP contribution is 2.17. The van der Waals surface area contributed by atoms with Gasteiger partial charge in [0.15, 0.2) is 0 Å². The van der Waals surface area contributed by atoms with Crippen LogP contribution in [-0.2, 0) is 6.54 Å². The van der Waals surface area contributed by atoms with Crippen LogP contribution in [0.4, 0.5) is 5.69 Å². The Morgan fingerprint density at radius 3 is 3.00 bits per heavy atom. The average molecular weight is 263 g/mol. The second-order valence-electron chi connectivity index (χ2n) is 3.70. The van der Waals surface area contributed by atoms with Gasteiger partial charge in [0, 0.05) is 12.7 Å². The summed E-state index contributed by atoms with van der Waals surface area (Å²) in [5, 5.41) is 7.59. The lowest BCUT2D eigenvalue weighted by atomic mass is 10.2. The number of hydrogen-bond acceptors (Lipinski definition) is 4. The third kappa shape index (κ3) is 2.81. The fourth-order valence-corrected chi connectivity index (χ4v) is 2.52. The van der Waals surface area contributed by atoms with E-state index in [4.69, 9.17) is 18.0 Å². The standard InChI is InChI=1S/C12H13N3S2/c1-8-6-17-7-9(8)5-15-10-3-2-4-14-11(10)12(13)16/h2-4,6-7,15H,5H2,1H3,(H2,13,16). The minimum Gasteiger partial charge on any atom is -0.388 e. The Morgan fingerprint density at radius 2 is 2.35 bits per heavy atom. The Hall–Kier alpha value is -1.46. The predicted molar refractivity (Wildman–Crippen MR) is 76.5 cm³/mol. The molecule has 3 nitrogen and oxygen atoms in total. The number of aromatic nitrogens is 1. The first kappa shape index (κ1) is 12.0. The molecule has 3 N–H and O–H groups in total. The Kier molecular flexibility index (Phi) is 3.71. The summed E-state index contributed by atoms with van der Waals surface area (Å²) < 4.78 is 0. The summed E-state index contributed by atoms with van der Waals surface area (Å²) in [5.74, 6) is 0. The number of thiocarbonyl (C=S) groups is 1. The molecule has 0 unspecified atom stereocenters. The fourth-order valence-electron chi connectivity index (χ4n) is 1.50. The molecule has 2 aromatic rings. The number of rotatable bonds is 4. The lowest BCUT2D eigenvalue weighted by Gasteiger charge is -2.09. The van der Waals surface area contributed by atoms with Gasteiger partial charge in [-0.2, -0.15) is 11.3 Å².